The average molecular weight is 462 g/mol. The zero-order chi connectivity index (χ0) is 18.2. The number of aliphatic imine (C=N–C) groups is 1. The molecule has 0 aliphatic rings. The predicted octanol–water partition coefficient (Wildman–Crippen LogP) is 2.59. The molecule has 142 valence electrons. The topological polar surface area (TPSA) is 74.8 Å². The van der Waals surface area contributed by atoms with Crippen molar-refractivity contribution in [2.24, 2.45) is 4.99 Å². The van der Waals surface area contributed by atoms with Crippen molar-refractivity contribution < 1.29 is 9.53 Å². The number of amides is 1. The molecule has 0 saturated carbocycles. The zero-order valence-corrected chi connectivity index (χ0v) is 18.4. The van der Waals surface area contributed by atoms with E-state index in [1.54, 1.807) is 7.11 Å². The van der Waals surface area contributed by atoms with Crippen LogP contribution in [0, 0.1) is 6.92 Å². The quantitative estimate of drug-likeness (QED) is 0.345. The Kier molecular flexibility index (Phi) is 10.5. The third-order valence-electron chi connectivity index (χ3n) is 3.17. The van der Waals surface area contributed by atoms with E-state index in [4.69, 9.17) is 4.74 Å². The minimum absolute atomic E-state index is 0. The standard InChI is InChI=1S/C18H30N4O2.HI/c1-7-19-17(21-12-16(23)22-18(3,4)5)20-11-14-9-8-13(2)15(10-14)24-6;/h8-10H,7,11-12H2,1-6H3,(H,22,23)(H2,19,20,21);1H. The Bertz CT molecular complexity index is 583. The van der Waals surface area contributed by atoms with Gasteiger partial charge in [-0.15, -0.1) is 24.0 Å². The number of nitrogens with zero attached hydrogens (tertiary/aromatic N) is 1. The number of methoxy groups -OCH3 is 1. The normalized spacial score (nSPS) is 11.4. The molecule has 0 aromatic heterocycles. The molecule has 7 heteroatoms. The smallest absolute Gasteiger partial charge is 0.239 e. The van der Waals surface area contributed by atoms with Crippen LogP contribution in [0.4, 0.5) is 0 Å². The molecule has 1 aromatic rings. The van der Waals surface area contributed by atoms with Crippen molar-refractivity contribution in [3.05, 3.63) is 29.3 Å². The first-order chi connectivity index (χ1) is 11.2. The lowest BCUT2D eigenvalue weighted by Crippen LogP contribution is -2.48. The molecule has 0 atom stereocenters. The molecule has 0 heterocycles. The summed E-state index contributed by atoms with van der Waals surface area (Å²) in [5, 5.41) is 9.10. The number of halogens is 1. The van der Waals surface area contributed by atoms with Crippen molar-refractivity contribution >= 4 is 35.8 Å². The second-order valence-electron chi connectivity index (χ2n) is 6.65. The van der Waals surface area contributed by atoms with Gasteiger partial charge in [-0.05, 0) is 51.8 Å². The maximum absolute atomic E-state index is 11.9. The summed E-state index contributed by atoms with van der Waals surface area (Å²) in [6.45, 7) is 11.3. The molecule has 0 bridgehead atoms. The van der Waals surface area contributed by atoms with E-state index in [0.29, 0.717) is 12.5 Å². The number of hydrogen-bond donors (Lipinski definition) is 3. The molecule has 1 rings (SSSR count). The van der Waals surface area contributed by atoms with E-state index < -0.39 is 0 Å². The minimum atomic E-state index is -0.243. The second kappa shape index (κ2) is 11.2. The summed E-state index contributed by atoms with van der Waals surface area (Å²) in [6.07, 6.45) is 0. The van der Waals surface area contributed by atoms with Gasteiger partial charge in [-0.25, -0.2) is 4.99 Å². The van der Waals surface area contributed by atoms with Crippen molar-refractivity contribution in [3.8, 4) is 5.75 Å². The van der Waals surface area contributed by atoms with Crippen LogP contribution in [0.5, 0.6) is 5.75 Å². The van der Waals surface area contributed by atoms with Gasteiger partial charge in [-0.2, -0.15) is 0 Å². The van der Waals surface area contributed by atoms with Gasteiger partial charge in [0.25, 0.3) is 0 Å². The SMILES string of the molecule is CCNC(=NCc1ccc(C)c(OC)c1)NCC(=O)NC(C)(C)C.I. The summed E-state index contributed by atoms with van der Waals surface area (Å²) in [4.78, 5) is 16.4. The minimum Gasteiger partial charge on any atom is -0.496 e. The van der Waals surface area contributed by atoms with Crippen molar-refractivity contribution in [1.82, 2.24) is 16.0 Å². The van der Waals surface area contributed by atoms with E-state index in [1.807, 2.05) is 52.8 Å². The lowest BCUT2D eigenvalue weighted by atomic mass is 10.1. The van der Waals surface area contributed by atoms with Gasteiger partial charge < -0.3 is 20.7 Å². The van der Waals surface area contributed by atoms with Gasteiger partial charge in [0.05, 0.1) is 20.2 Å². The summed E-state index contributed by atoms with van der Waals surface area (Å²) in [6, 6.07) is 6.02. The summed E-state index contributed by atoms with van der Waals surface area (Å²) in [5.74, 6) is 1.40. The summed E-state index contributed by atoms with van der Waals surface area (Å²) in [7, 11) is 1.66. The number of benzene rings is 1. The number of guanidine groups is 1. The third-order valence-corrected chi connectivity index (χ3v) is 3.17. The van der Waals surface area contributed by atoms with Crippen molar-refractivity contribution in [2.45, 2.75) is 46.7 Å². The molecule has 0 unspecified atom stereocenters. The van der Waals surface area contributed by atoms with E-state index in [2.05, 4.69) is 20.9 Å². The number of rotatable bonds is 6. The molecular formula is C18H31IN4O2. The summed E-state index contributed by atoms with van der Waals surface area (Å²) in [5.41, 5.74) is 1.90. The fourth-order valence-electron chi connectivity index (χ4n) is 2.10. The first-order valence-corrected chi connectivity index (χ1v) is 8.22. The molecule has 0 spiro atoms. The highest BCUT2D eigenvalue weighted by molar-refractivity contribution is 14.0. The van der Waals surface area contributed by atoms with Gasteiger partial charge in [0.15, 0.2) is 5.96 Å². The highest BCUT2D eigenvalue weighted by atomic mass is 127. The molecule has 1 amide bonds. The van der Waals surface area contributed by atoms with Crippen LogP contribution >= 0.6 is 24.0 Å². The maximum Gasteiger partial charge on any atom is 0.239 e. The highest BCUT2D eigenvalue weighted by Gasteiger charge is 2.13. The van der Waals surface area contributed by atoms with Crippen LogP contribution in [0.3, 0.4) is 0 Å². The van der Waals surface area contributed by atoms with Gasteiger partial charge >= 0.3 is 0 Å². The third kappa shape index (κ3) is 9.52. The number of ether oxygens (including phenoxy) is 1. The Hall–Kier alpha value is -1.51. The van der Waals surface area contributed by atoms with E-state index >= 15 is 0 Å². The van der Waals surface area contributed by atoms with Gasteiger partial charge in [0.2, 0.25) is 5.91 Å². The Morgan fingerprint density at radius 1 is 1.24 bits per heavy atom. The molecule has 1 aromatic carbocycles. The van der Waals surface area contributed by atoms with Crippen LogP contribution in [-0.2, 0) is 11.3 Å². The van der Waals surface area contributed by atoms with Gasteiger partial charge in [0.1, 0.15) is 5.75 Å². The molecule has 0 saturated heterocycles. The largest absolute Gasteiger partial charge is 0.496 e. The molecule has 0 aliphatic carbocycles. The molecule has 25 heavy (non-hydrogen) atoms. The van der Waals surface area contributed by atoms with Crippen molar-refractivity contribution in [3.63, 3.8) is 0 Å². The molecule has 0 fully saturated rings. The number of carbonyl (C=O) groups is 1. The Morgan fingerprint density at radius 2 is 1.92 bits per heavy atom. The molecule has 0 radical (unpaired) electrons. The zero-order valence-electron chi connectivity index (χ0n) is 16.0. The Labute approximate surface area is 168 Å². The second-order valence-corrected chi connectivity index (χ2v) is 6.65. The molecule has 0 aliphatic heterocycles. The fraction of sp³-hybridized carbons (Fsp3) is 0.556. The molecule has 6 nitrogen and oxygen atoms in total. The maximum atomic E-state index is 11.9. The van der Waals surface area contributed by atoms with Gasteiger partial charge in [-0.1, -0.05) is 12.1 Å². The van der Waals surface area contributed by atoms with Crippen LogP contribution in [0.2, 0.25) is 0 Å². The van der Waals surface area contributed by atoms with Crippen LogP contribution in [0.25, 0.3) is 0 Å². The van der Waals surface area contributed by atoms with Crippen LogP contribution < -0.4 is 20.7 Å². The van der Waals surface area contributed by atoms with Crippen molar-refractivity contribution in [2.75, 3.05) is 20.2 Å². The number of carbonyl (C=O) groups excluding carboxylic acids is 1. The fourth-order valence-corrected chi connectivity index (χ4v) is 2.10. The Morgan fingerprint density at radius 3 is 2.48 bits per heavy atom. The predicted molar refractivity (Wildman–Crippen MR) is 114 cm³/mol. The van der Waals surface area contributed by atoms with Gasteiger partial charge in [0, 0.05) is 12.1 Å². The molecular weight excluding hydrogens is 431 g/mol. The van der Waals surface area contributed by atoms with E-state index in [1.165, 1.54) is 0 Å². The lowest BCUT2D eigenvalue weighted by Gasteiger charge is -2.21. The summed E-state index contributed by atoms with van der Waals surface area (Å²) < 4.78 is 5.33. The molecule has 3 N–H and O–H groups in total. The lowest BCUT2D eigenvalue weighted by molar-refractivity contribution is -0.121. The summed E-state index contributed by atoms with van der Waals surface area (Å²) >= 11 is 0. The average Bonchev–Trinajstić information content (AvgIpc) is 2.49. The monoisotopic (exact) mass is 462 g/mol. The highest BCUT2D eigenvalue weighted by Crippen LogP contribution is 2.19. The first kappa shape index (κ1) is 23.5. The van der Waals surface area contributed by atoms with Gasteiger partial charge in [-0.3, -0.25) is 4.79 Å². The number of hydrogen-bond acceptors (Lipinski definition) is 3. The van der Waals surface area contributed by atoms with Crippen LogP contribution in [0.15, 0.2) is 23.2 Å². The van der Waals surface area contributed by atoms with E-state index in [-0.39, 0.29) is 42.0 Å². The van der Waals surface area contributed by atoms with E-state index in [9.17, 15) is 4.79 Å². The Balaban J connectivity index is 0.00000576. The van der Waals surface area contributed by atoms with Crippen LogP contribution in [-0.4, -0.2) is 37.6 Å². The first-order valence-electron chi connectivity index (χ1n) is 8.22. The van der Waals surface area contributed by atoms with E-state index in [0.717, 1.165) is 23.4 Å². The van der Waals surface area contributed by atoms with Crippen molar-refractivity contribution in [1.29, 1.82) is 0 Å². The number of nitrogens with one attached hydrogen (secondary N) is 3. The number of aryl methyl sites for hydroxylation is 1. The van der Waals surface area contributed by atoms with Crippen LogP contribution in [0.1, 0.15) is 38.8 Å².